The molecule has 92 valence electrons. The Kier molecular flexibility index (Phi) is 3.29. The van der Waals surface area contributed by atoms with Crippen molar-refractivity contribution in [1.29, 1.82) is 0 Å². The van der Waals surface area contributed by atoms with Gasteiger partial charge in [0, 0.05) is 10.7 Å². The molecular weight excluding hydrogens is 238 g/mol. The van der Waals surface area contributed by atoms with E-state index in [0.29, 0.717) is 29.1 Å². The Morgan fingerprint density at radius 3 is 2.53 bits per heavy atom. The van der Waals surface area contributed by atoms with Crippen LogP contribution in [0.3, 0.4) is 0 Å². The lowest BCUT2D eigenvalue weighted by atomic mass is 9.69. The van der Waals surface area contributed by atoms with Crippen LogP contribution in [-0.4, -0.2) is 11.1 Å². The van der Waals surface area contributed by atoms with Gasteiger partial charge in [-0.15, -0.1) is 0 Å². The number of anilines is 1. The Morgan fingerprint density at radius 2 is 1.94 bits per heavy atom. The maximum atomic E-state index is 11.6. The second-order valence-corrected chi connectivity index (χ2v) is 5.12. The third kappa shape index (κ3) is 2.12. The molecule has 1 aromatic rings. The van der Waals surface area contributed by atoms with Gasteiger partial charge in [0.15, 0.2) is 0 Å². The second kappa shape index (κ2) is 4.57. The summed E-state index contributed by atoms with van der Waals surface area (Å²) in [6, 6.07) is 5.09. The van der Waals surface area contributed by atoms with Crippen molar-refractivity contribution in [3.05, 3.63) is 28.8 Å². The first-order chi connectivity index (χ1) is 8.06. The van der Waals surface area contributed by atoms with Gasteiger partial charge in [0.25, 0.3) is 0 Å². The molecule has 0 radical (unpaired) electrons. The van der Waals surface area contributed by atoms with E-state index in [1.54, 1.807) is 18.2 Å². The van der Waals surface area contributed by atoms with Crippen LogP contribution in [0.2, 0.25) is 5.02 Å². The van der Waals surface area contributed by atoms with Gasteiger partial charge in [-0.1, -0.05) is 30.9 Å². The minimum Gasteiger partial charge on any atom is -0.481 e. The summed E-state index contributed by atoms with van der Waals surface area (Å²) in [5.41, 5.74) is 6.29. The number of carboxylic acids is 1. The van der Waals surface area contributed by atoms with Gasteiger partial charge in [-0.2, -0.15) is 0 Å². The fourth-order valence-electron chi connectivity index (χ4n) is 2.70. The monoisotopic (exact) mass is 253 g/mol. The number of nitrogen functional groups attached to an aromatic ring is 1. The van der Waals surface area contributed by atoms with Crippen LogP contribution >= 0.6 is 11.6 Å². The highest BCUT2D eigenvalue weighted by atomic mass is 35.5. The third-order valence-electron chi connectivity index (χ3n) is 3.65. The van der Waals surface area contributed by atoms with E-state index in [9.17, 15) is 9.90 Å². The van der Waals surface area contributed by atoms with Gasteiger partial charge >= 0.3 is 5.97 Å². The summed E-state index contributed by atoms with van der Waals surface area (Å²) in [4.78, 5) is 11.6. The van der Waals surface area contributed by atoms with Crippen molar-refractivity contribution in [3.63, 3.8) is 0 Å². The number of benzene rings is 1. The SMILES string of the molecule is Nc1ccc(Cl)cc1C1(C(=O)O)CCCCC1. The van der Waals surface area contributed by atoms with Crippen LogP contribution in [0.1, 0.15) is 37.7 Å². The summed E-state index contributed by atoms with van der Waals surface area (Å²) < 4.78 is 0. The minimum atomic E-state index is -0.840. The first-order valence-electron chi connectivity index (χ1n) is 5.85. The average Bonchev–Trinajstić information content (AvgIpc) is 2.33. The van der Waals surface area contributed by atoms with Crippen molar-refractivity contribution in [2.45, 2.75) is 37.5 Å². The largest absolute Gasteiger partial charge is 0.481 e. The van der Waals surface area contributed by atoms with Crippen LogP contribution in [0.5, 0.6) is 0 Å². The predicted octanol–water partition coefficient (Wildman–Crippen LogP) is 3.21. The van der Waals surface area contributed by atoms with E-state index in [0.717, 1.165) is 19.3 Å². The van der Waals surface area contributed by atoms with Crippen LogP contribution in [0, 0.1) is 0 Å². The summed E-state index contributed by atoms with van der Waals surface area (Å²) in [5.74, 6) is -0.786. The molecule has 1 aromatic carbocycles. The van der Waals surface area contributed by atoms with E-state index in [2.05, 4.69) is 0 Å². The summed E-state index contributed by atoms with van der Waals surface area (Å²) in [7, 11) is 0. The topological polar surface area (TPSA) is 63.3 Å². The van der Waals surface area contributed by atoms with Crippen molar-refractivity contribution in [2.75, 3.05) is 5.73 Å². The number of hydrogen-bond donors (Lipinski definition) is 2. The first kappa shape index (κ1) is 12.2. The Balaban J connectivity index is 2.52. The number of halogens is 1. The molecule has 3 N–H and O–H groups in total. The fraction of sp³-hybridized carbons (Fsp3) is 0.462. The molecule has 0 spiro atoms. The molecule has 1 fully saturated rings. The Hall–Kier alpha value is -1.22. The summed E-state index contributed by atoms with van der Waals surface area (Å²) in [6.45, 7) is 0. The molecule has 17 heavy (non-hydrogen) atoms. The van der Waals surface area contributed by atoms with Crippen LogP contribution < -0.4 is 5.73 Å². The number of carbonyl (C=O) groups is 1. The Labute approximate surface area is 106 Å². The molecule has 2 rings (SSSR count). The van der Waals surface area contributed by atoms with Gasteiger partial charge in [0.2, 0.25) is 0 Å². The summed E-state index contributed by atoms with van der Waals surface area (Å²) >= 11 is 5.95. The van der Waals surface area contributed by atoms with Crippen LogP contribution in [0.25, 0.3) is 0 Å². The molecule has 0 aliphatic heterocycles. The maximum Gasteiger partial charge on any atom is 0.314 e. The van der Waals surface area contributed by atoms with Crippen molar-refractivity contribution in [3.8, 4) is 0 Å². The average molecular weight is 254 g/mol. The zero-order valence-corrected chi connectivity index (χ0v) is 10.3. The molecule has 1 aliphatic rings. The highest BCUT2D eigenvalue weighted by Crippen LogP contribution is 2.42. The summed E-state index contributed by atoms with van der Waals surface area (Å²) in [6.07, 6.45) is 4.24. The van der Waals surface area contributed by atoms with Crippen molar-refractivity contribution >= 4 is 23.3 Å². The zero-order valence-electron chi connectivity index (χ0n) is 9.58. The maximum absolute atomic E-state index is 11.6. The standard InChI is InChI=1S/C13H16ClNO2/c14-9-4-5-11(15)10(8-9)13(12(16)17)6-2-1-3-7-13/h4-5,8H,1-3,6-7,15H2,(H,16,17). The summed E-state index contributed by atoms with van der Waals surface area (Å²) in [5, 5.41) is 10.1. The molecule has 0 aromatic heterocycles. The molecule has 0 atom stereocenters. The second-order valence-electron chi connectivity index (χ2n) is 4.68. The molecular formula is C13H16ClNO2. The van der Waals surface area contributed by atoms with E-state index in [1.807, 2.05) is 0 Å². The van der Waals surface area contributed by atoms with E-state index >= 15 is 0 Å². The van der Waals surface area contributed by atoms with E-state index in [4.69, 9.17) is 17.3 Å². The van der Waals surface area contributed by atoms with Gasteiger partial charge in [-0.3, -0.25) is 4.79 Å². The lowest BCUT2D eigenvalue weighted by molar-refractivity contribution is -0.145. The molecule has 0 heterocycles. The van der Waals surface area contributed by atoms with Gasteiger partial charge in [-0.05, 0) is 36.6 Å². The highest BCUT2D eigenvalue weighted by molar-refractivity contribution is 6.30. The number of hydrogen-bond acceptors (Lipinski definition) is 2. The number of nitrogens with two attached hydrogens (primary N) is 1. The van der Waals surface area contributed by atoms with E-state index in [-0.39, 0.29) is 0 Å². The van der Waals surface area contributed by atoms with Crippen LogP contribution in [-0.2, 0) is 10.2 Å². The van der Waals surface area contributed by atoms with Crippen molar-refractivity contribution in [2.24, 2.45) is 0 Å². The molecule has 3 nitrogen and oxygen atoms in total. The van der Waals surface area contributed by atoms with Crippen molar-refractivity contribution < 1.29 is 9.90 Å². The van der Waals surface area contributed by atoms with Gasteiger partial charge in [0.1, 0.15) is 0 Å². The predicted molar refractivity (Wildman–Crippen MR) is 68.3 cm³/mol. The molecule has 0 saturated heterocycles. The fourth-order valence-corrected chi connectivity index (χ4v) is 2.87. The van der Waals surface area contributed by atoms with Gasteiger partial charge in [0.05, 0.1) is 5.41 Å². The number of carboxylic acid groups (broad SMARTS) is 1. The first-order valence-corrected chi connectivity index (χ1v) is 6.23. The molecule has 1 aliphatic carbocycles. The lowest BCUT2D eigenvalue weighted by Gasteiger charge is -2.34. The normalized spacial score (nSPS) is 18.9. The van der Waals surface area contributed by atoms with Crippen molar-refractivity contribution in [1.82, 2.24) is 0 Å². The Bertz CT molecular complexity index is 439. The molecule has 4 heteroatoms. The molecule has 1 saturated carbocycles. The minimum absolute atomic E-state index is 0.527. The van der Waals surface area contributed by atoms with Crippen LogP contribution in [0.4, 0.5) is 5.69 Å². The molecule has 0 unspecified atom stereocenters. The van der Waals surface area contributed by atoms with E-state index in [1.165, 1.54) is 0 Å². The zero-order chi connectivity index (χ0) is 12.5. The lowest BCUT2D eigenvalue weighted by Crippen LogP contribution is -2.38. The highest BCUT2D eigenvalue weighted by Gasteiger charge is 2.42. The van der Waals surface area contributed by atoms with Gasteiger partial charge in [-0.25, -0.2) is 0 Å². The van der Waals surface area contributed by atoms with Gasteiger partial charge < -0.3 is 10.8 Å². The smallest absolute Gasteiger partial charge is 0.314 e. The molecule has 0 bridgehead atoms. The van der Waals surface area contributed by atoms with E-state index < -0.39 is 11.4 Å². The quantitative estimate of drug-likeness (QED) is 0.796. The molecule has 0 amide bonds. The van der Waals surface area contributed by atoms with Crippen LogP contribution in [0.15, 0.2) is 18.2 Å². The number of rotatable bonds is 2. The Morgan fingerprint density at radius 1 is 1.29 bits per heavy atom. The number of aliphatic carboxylic acids is 1. The third-order valence-corrected chi connectivity index (χ3v) is 3.88.